The average molecular weight is 492 g/mol. The first-order chi connectivity index (χ1) is 16.9. The summed E-state index contributed by atoms with van der Waals surface area (Å²) in [5.41, 5.74) is 7.32. The molecule has 1 unspecified atom stereocenters. The lowest BCUT2D eigenvalue weighted by molar-refractivity contribution is 0.116. The molecule has 180 valence electrons. The van der Waals surface area contributed by atoms with E-state index < -0.39 is 18.2 Å². The monoisotopic (exact) mass is 491 g/mol. The zero-order valence-electron chi connectivity index (χ0n) is 19.2. The predicted octanol–water partition coefficient (Wildman–Crippen LogP) is 3.48. The van der Waals surface area contributed by atoms with Crippen LogP contribution in [0.4, 0.5) is 21.2 Å². The number of urea groups is 1. The molecule has 0 aromatic carbocycles. The summed E-state index contributed by atoms with van der Waals surface area (Å²) in [6.45, 7) is 1.85. The quantitative estimate of drug-likeness (QED) is 0.485. The molecular formula is C24H25N7O3S. The Hall–Kier alpha value is -4.17. The minimum atomic E-state index is -0.943. The highest BCUT2D eigenvalue weighted by atomic mass is 32.1. The molecule has 1 fully saturated rings. The van der Waals surface area contributed by atoms with Crippen molar-refractivity contribution in [2.24, 2.45) is 5.73 Å². The van der Waals surface area contributed by atoms with Crippen molar-refractivity contribution in [1.82, 2.24) is 19.9 Å². The van der Waals surface area contributed by atoms with Gasteiger partial charge in [0.2, 0.25) is 0 Å². The van der Waals surface area contributed by atoms with Crippen molar-refractivity contribution >= 4 is 35.1 Å². The molecule has 1 saturated heterocycles. The van der Waals surface area contributed by atoms with Crippen LogP contribution in [0.3, 0.4) is 0 Å². The van der Waals surface area contributed by atoms with Gasteiger partial charge in [-0.3, -0.25) is 10.3 Å². The third-order valence-corrected chi connectivity index (χ3v) is 6.40. The molecule has 10 nitrogen and oxygen atoms in total. The van der Waals surface area contributed by atoms with Crippen molar-refractivity contribution < 1.29 is 14.3 Å². The summed E-state index contributed by atoms with van der Waals surface area (Å²) in [4.78, 5) is 41.2. The van der Waals surface area contributed by atoms with Crippen molar-refractivity contribution in [2.45, 2.75) is 18.9 Å². The first kappa shape index (κ1) is 24.0. The summed E-state index contributed by atoms with van der Waals surface area (Å²) in [5.74, 6) is 3.70. The van der Waals surface area contributed by atoms with Gasteiger partial charge in [0, 0.05) is 37.3 Å². The van der Waals surface area contributed by atoms with E-state index in [4.69, 9.17) is 21.9 Å². The lowest BCUT2D eigenvalue weighted by atomic mass is 10.1. The fraction of sp³-hybridized carbons (Fsp3) is 0.292. The van der Waals surface area contributed by atoms with Crippen LogP contribution in [-0.2, 0) is 4.74 Å². The van der Waals surface area contributed by atoms with Crippen LogP contribution in [0.1, 0.15) is 29.6 Å². The average Bonchev–Trinajstić information content (AvgIpc) is 3.57. The van der Waals surface area contributed by atoms with Crippen molar-refractivity contribution in [3.05, 3.63) is 52.6 Å². The first-order valence-corrected chi connectivity index (χ1v) is 11.9. The van der Waals surface area contributed by atoms with E-state index in [0.29, 0.717) is 16.5 Å². The molecule has 3 aromatic heterocycles. The summed E-state index contributed by atoms with van der Waals surface area (Å²) in [6, 6.07) is 8.42. The highest BCUT2D eigenvalue weighted by Gasteiger charge is 2.25. The Balaban J connectivity index is 1.52. The third-order valence-electron chi connectivity index (χ3n) is 5.62. The molecule has 35 heavy (non-hydrogen) atoms. The number of nitrogens with zero attached hydrogens (tertiary/aromatic N) is 5. The van der Waals surface area contributed by atoms with E-state index in [2.05, 4.69) is 26.1 Å². The second-order valence-corrected chi connectivity index (χ2v) is 8.77. The second-order valence-electron chi connectivity index (χ2n) is 7.92. The Bertz CT molecular complexity index is 1230. The van der Waals surface area contributed by atoms with Crippen LogP contribution in [0.25, 0.3) is 11.3 Å². The van der Waals surface area contributed by atoms with Crippen LogP contribution in [0.2, 0.25) is 0 Å². The van der Waals surface area contributed by atoms with E-state index in [0.717, 1.165) is 30.2 Å². The number of anilines is 2. The normalized spacial score (nSPS) is 13.7. The lowest BCUT2D eigenvalue weighted by Crippen LogP contribution is -2.38. The number of likely N-dealkylation sites (N-methyl/N-ethyl adjacent to an activating group) is 1. The molecule has 0 radical (unpaired) electrons. The maximum atomic E-state index is 12.8. The third kappa shape index (κ3) is 5.85. The molecule has 4 rings (SSSR count). The number of terminal acetylenes is 1. The van der Waals surface area contributed by atoms with Gasteiger partial charge in [0.25, 0.3) is 0 Å². The van der Waals surface area contributed by atoms with Gasteiger partial charge in [0.05, 0.1) is 11.4 Å². The number of nitrogens with one attached hydrogen (secondary N) is 1. The fourth-order valence-corrected chi connectivity index (χ4v) is 4.31. The number of thiazole rings is 1. The van der Waals surface area contributed by atoms with E-state index in [1.54, 1.807) is 24.7 Å². The summed E-state index contributed by atoms with van der Waals surface area (Å²) in [6.07, 6.45) is 8.43. The van der Waals surface area contributed by atoms with Gasteiger partial charge < -0.3 is 20.3 Å². The SMILES string of the molecule is C#Cc1nc(NC(=O)N(C)C(COC(N)=O)c2ccc(-c3cccc(N4CCCC4)n3)cn2)cs1. The number of carbonyl (C=O) groups excluding carboxylic acids is 2. The smallest absolute Gasteiger partial charge is 0.404 e. The summed E-state index contributed by atoms with van der Waals surface area (Å²) in [7, 11) is 1.56. The van der Waals surface area contributed by atoms with E-state index >= 15 is 0 Å². The van der Waals surface area contributed by atoms with Gasteiger partial charge in [-0.15, -0.1) is 17.8 Å². The molecule has 11 heteroatoms. The van der Waals surface area contributed by atoms with Gasteiger partial charge in [-0.25, -0.2) is 19.6 Å². The van der Waals surface area contributed by atoms with E-state index in [1.165, 1.54) is 29.1 Å². The number of nitrogens with two attached hydrogens (primary N) is 1. The van der Waals surface area contributed by atoms with Gasteiger partial charge in [-0.1, -0.05) is 6.07 Å². The molecule has 0 spiro atoms. The van der Waals surface area contributed by atoms with Gasteiger partial charge >= 0.3 is 12.1 Å². The predicted molar refractivity (Wildman–Crippen MR) is 134 cm³/mol. The topological polar surface area (TPSA) is 127 Å². The number of aromatic nitrogens is 3. The zero-order valence-corrected chi connectivity index (χ0v) is 20.0. The summed E-state index contributed by atoms with van der Waals surface area (Å²) < 4.78 is 5.01. The molecule has 0 aliphatic carbocycles. The standard InChI is InChI=1S/C24H25N7O3S/c1-3-22-28-20(15-35-22)29-24(33)30(2)19(14-34-23(25)32)18-10-9-16(13-26-18)17-7-6-8-21(27-17)31-11-4-5-12-31/h1,6-10,13,15,19H,4-5,11-12,14H2,2H3,(H2,25,32)(H,29,33). The Morgan fingerprint density at radius 3 is 2.74 bits per heavy atom. The van der Waals surface area contributed by atoms with Crippen molar-refractivity contribution in [3.8, 4) is 23.6 Å². The number of carbonyl (C=O) groups is 2. The van der Waals surface area contributed by atoms with Gasteiger partial charge in [-0.05, 0) is 43.0 Å². The fourth-order valence-electron chi connectivity index (χ4n) is 3.75. The number of hydrogen-bond acceptors (Lipinski definition) is 8. The summed E-state index contributed by atoms with van der Waals surface area (Å²) >= 11 is 1.24. The number of amides is 3. The Labute approximate surface area is 207 Å². The highest BCUT2D eigenvalue weighted by molar-refractivity contribution is 7.10. The molecular weight excluding hydrogens is 466 g/mol. The zero-order chi connectivity index (χ0) is 24.8. The number of pyridine rings is 2. The molecule has 1 aliphatic rings. The Kier molecular flexibility index (Phi) is 7.42. The minimum Gasteiger partial charge on any atom is -0.447 e. The van der Waals surface area contributed by atoms with Gasteiger partial charge in [0.15, 0.2) is 5.01 Å². The molecule has 4 heterocycles. The molecule has 0 bridgehead atoms. The van der Waals surface area contributed by atoms with Crippen LogP contribution in [-0.4, -0.2) is 58.7 Å². The second kappa shape index (κ2) is 10.8. The van der Waals surface area contributed by atoms with Gasteiger partial charge in [0.1, 0.15) is 24.3 Å². The van der Waals surface area contributed by atoms with E-state index in [1.807, 2.05) is 24.3 Å². The molecule has 0 saturated carbocycles. The molecule has 3 N–H and O–H groups in total. The van der Waals surface area contributed by atoms with Crippen LogP contribution < -0.4 is 16.0 Å². The molecule has 1 atom stereocenters. The first-order valence-electron chi connectivity index (χ1n) is 11.0. The molecule has 3 amide bonds. The van der Waals surface area contributed by atoms with Crippen LogP contribution in [0, 0.1) is 12.3 Å². The lowest BCUT2D eigenvalue weighted by Gasteiger charge is -2.27. The van der Waals surface area contributed by atoms with E-state index in [9.17, 15) is 9.59 Å². The summed E-state index contributed by atoms with van der Waals surface area (Å²) in [5, 5.41) is 4.78. The van der Waals surface area contributed by atoms with Gasteiger partial charge in [-0.2, -0.15) is 0 Å². The van der Waals surface area contributed by atoms with Crippen LogP contribution in [0.5, 0.6) is 0 Å². The molecule has 3 aromatic rings. The van der Waals surface area contributed by atoms with Crippen molar-refractivity contribution in [2.75, 3.05) is 37.0 Å². The number of hydrogen-bond donors (Lipinski definition) is 2. The number of ether oxygens (including phenoxy) is 1. The number of primary amides is 1. The Morgan fingerprint density at radius 2 is 2.09 bits per heavy atom. The number of rotatable bonds is 7. The maximum Gasteiger partial charge on any atom is 0.404 e. The molecule has 1 aliphatic heterocycles. The van der Waals surface area contributed by atoms with E-state index in [-0.39, 0.29) is 6.61 Å². The Morgan fingerprint density at radius 1 is 1.29 bits per heavy atom. The largest absolute Gasteiger partial charge is 0.447 e. The van der Waals surface area contributed by atoms with Crippen LogP contribution in [0.15, 0.2) is 41.9 Å². The minimum absolute atomic E-state index is 0.166. The van der Waals surface area contributed by atoms with Crippen molar-refractivity contribution in [1.29, 1.82) is 0 Å². The van der Waals surface area contributed by atoms with Crippen LogP contribution >= 0.6 is 11.3 Å². The maximum absolute atomic E-state index is 12.8. The highest BCUT2D eigenvalue weighted by Crippen LogP contribution is 2.25. The van der Waals surface area contributed by atoms with Crippen molar-refractivity contribution in [3.63, 3.8) is 0 Å².